The fourth-order valence-electron chi connectivity index (χ4n) is 1.35. The minimum atomic E-state index is 0.663. The van der Waals surface area contributed by atoms with E-state index in [-0.39, 0.29) is 0 Å². The zero-order valence-electron chi connectivity index (χ0n) is 8.84. The zero-order chi connectivity index (χ0) is 9.84. The van der Waals surface area contributed by atoms with E-state index in [0.29, 0.717) is 5.92 Å². The van der Waals surface area contributed by atoms with Crippen LogP contribution in [0.3, 0.4) is 0 Å². The van der Waals surface area contributed by atoms with Crippen LogP contribution in [0.5, 0.6) is 0 Å². The fraction of sp³-hybridized carbons (Fsp3) is 0.900. The minimum Gasteiger partial charge on any atom is -0.362 e. The Bertz CT molecular complexity index is 176. The van der Waals surface area contributed by atoms with E-state index in [1.807, 2.05) is 0 Å². The van der Waals surface area contributed by atoms with Gasteiger partial charge < -0.3 is 10.2 Å². The molecule has 0 aromatic carbocycles. The molecule has 0 bridgehead atoms. The lowest BCUT2D eigenvalue weighted by atomic mass is 10.2. The van der Waals surface area contributed by atoms with Crippen LogP contribution in [0.4, 0.5) is 0 Å². The highest BCUT2D eigenvalue weighted by atomic mass is 32.1. The van der Waals surface area contributed by atoms with Crippen LogP contribution < -0.4 is 5.32 Å². The lowest BCUT2D eigenvalue weighted by Gasteiger charge is -2.24. The van der Waals surface area contributed by atoms with Crippen LogP contribution in [0.15, 0.2) is 0 Å². The smallest absolute Gasteiger partial charge is 0.169 e. The van der Waals surface area contributed by atoms with Crippen molar-refractivity contribution in [2.75, 3.05) is 13.1 Å². The molecule has 0 spiro atoms. The van der Waals surface area contributed by atoms with Gasteiger partial charge in [0.1, 0.15) is 0 Å². The van der Waals surface area contributed by atoms with E-state index in [1.54, 1.807) is 0 Å². The highest BCUT2D eigenvalue weighted by Gasteiger charge is 2.29. The topological polar surface area (TPSA) is 15.3 Å². The molecule has 76 valence electrons. The van der Waals surface area contributed by atoms with Crippen molar-refractivity contribution in [3.8, 4) is 0 Å². The van der Waals surface area contributed by atoms with Crippen LogP contribution >= 0.6 is 12.2 Å². The fourth-order valence-corrected chi connectivity index (χ4v) is 1.71. The molecule has 3 heteroatoms. The molecule has 0 aromatic heterocycles. The maximum atomic E-state index is 5.32. The van der Waals surface area contributed by atoms with E-state index in [9.17, 15) is 0 Å². The Kier molecular flexibility index (Phi) is 3.97. The highest BCUT2D eigenvalue weighted by molar-refractivity contribution is 7.80. The van der Waals surface area contributed by atoms with E-state index >= 15 is 0 Å². The molecule has 0 amide bonds. The lowest BCUT2D eigenvalue weighted by Crippen LogP contribution is -2.42. The number of nitrogens with zero attached hydrogens (tertiary/aromatic N) is 1. The van der Waals surface area contributed by atoms with Gasteiger partial charge in [0.15, 0.2) is 5.11 Å². The van der Waals surface area contributed by atoms with Gasteiger partial charge in [-0.3, -0.25) is 0 Å². The SMILES string of the molecule is CCN(C(=S)NCC(C)C)C1CC1. The van der Waals surface area contributed by atoms with Crippen LogP contribution in [0.25, 0.3) is 0 Å². The average Bonchev–Trinajstić information content (AvgIpc) is 2.86. The Morgan fingerprint density at radius 3 is 2.54 bits per heavy atom. The Morgan fingerprint density at radius 1 is 1.54 bits per heavy atom. The predicted octanol–water partition coefficient (Wildman–Crippen LogP) is 2.00. The molecule has 1 N–H and O–H groups in total. The summed E-state index contributed by atoms with van der Waals surface area (Å²) < 4.78 is 0. The van der Waals surface area contributed by atoms with Crippen molar-refractivity contribution < 1.29 is 0 Å². The molecule has 1 aliphatic rings. The number of nitrogens with one attached hydrogen (secondary N) is 1. The Morgan fingerprint density at radius 2 is 2.15 bits per heavy atom. The van der Waals surface area contributed by atoms with Crippen molar-refractivity contribution in [3.05, 3.63) is 0 Å². The average molecular weight is 200 g/mol. The van der Waals surface area contributed by atoms with E-state index in [2.05, 4.69) is 31.0 Å². The summed E-state index contributed by atoms with van der Waals surface area (Å²) in [5.74, 6) is 0.663. The van der Waals surface area contributed by atoms with Crippen molar-refractivity contribution in [2.24, 2.45) is 5.92 Å². The summed E-state index contributed by atoms with van der Waals surface area (Å²) in [5.41, 5.74) is 0. The van der Waals surface area contributed by atoms with Gasteiger partial charge in [-0.1, -0.05) is 13.8 Å². The summed E-state index contributed by atoms with van der Waals surface area (Å²) in [6, 6.07) is 0.733. The van der Waals surface area contributed by atoms with E-state index < -0.39 is 0 Å². The van der Waals surface area contributed by atoms with Crippen molar-refractivity contribution in [1.82, 2.24) is 10.2 Å². The van der Waals surface area contributed by atoms with Crippen LogP contribution in [0.2, 0.25) is 0 Å². The third-order valence-corrected chi connectivity index (χ3v) is 2.63. The van der Waals surface area contributed by atoms with Crippen molar-refractivity contribution >= 4 is 17.3 Å². The Labute approximate surface area is 86.7 Å². The number of thiocarbonyl (C=S) groups is 1. The van der Waals surface area contributed by atoms with Crippen LogP contribution in [-0.2, 0) is 0 Å². The molecule has 1 fully saturated rings. The van der Waals surface area contributed by atoms with Crippen LogP contribution in [0, 0.1) is 5.92 Å². The zero-order valence-corrected chi connectivity index (χ0v) is 9.66. The van der Waals surface area contributed by atoms with Crippen LogP contribution in [-0.4, -0.2) is 29.1 Å². The van der Waals surface area contributed by atoms with Gasteiger partial charge in [-0.2, -0.15) is 0 Å². The summed E-state index contributed by atoms with van der Waals surface area (Å²) in [6.07, 6.45) is 2.63. The van der Waals surface area contributed by atoms with Gasteiger partial charge in [-0.15, -0.1) is 0 Å². The molecule has 1 saturated carbocycles. The van der Waals surface area contributed by atoms with E-state index in [4.69, 9.17) is 12.2 Å². The third kappa shape index (κ3) is 3.51. The molecule has 0 heterocycles. The molecule has 0 saturated heterocycles. The molecule has 0 aromatic rings. The molecule has 1 aliphatic carbocycles. The number of hydrogen-bond donors (Lipinski definition) is 1. The summed E-state index contributed by atoms with van der Waals surface area (Å²) >= 11 is 5.32. The molecule has 0 radical (unpaired) electrons. The molecule has 1 rings (SSSR count). The number of rotatable bonds is 4. The second-order valence-corrected chi connectivity index (χ2v) is 4.48. The van der Waals surface area contributed by atoms with Gasteiger partial charge in [-0.05, 0) is 37.9 Å². The van der Waals surface area contributed by atoms with Gasteiger partial charge in [0.05, 0.1) is 0 Å². The molecule has 0 aliphatic heterocycles. The van der Waals surface area contributed by atoms with Gasteiger partial charge in [0.2, 0.25) is 0 Å². The van der Waals surface area contributed by atoms with Crippen molar-refractivity contribution in [2.45, 2.75) is 39.7 Å². The van der Waals surface area contributed by atoms with E-state index in [1.165, 1.54) is 12.8 Å². The molecular weight excluding hydrogens is 180 g/mol. The molecule has 0 atom stereocenters. The van der Waals surface area contributed by atoms with Crippen molar-refractivity contribution in [3.63, 3.8) is 0 Å². The normalized spacial score (nSPS) is 16.0. The summed E-state index contributed by atoms with van der Waals surface area (Å²) in [6.45, 7) is 8.59. The summed E-state index contributed by atoms with van der Waals surface area (Å²) in [7, 11) is 0. The number of hydrogen-bond acceptors (Lipinski definition) is 1. The van der Waals surface area contributed by atoms with Gasteiger partial charge >= 0.3 is 0 Å². The molecule has 13 heavy (non-hydrogen) atoms. The van der Waals surface area contributed by atoms with Gasteiger partial charge in [0.25, 0.3) is 0 Å². The standard InChI is InChI=1S/C10H20N2S/c1-4-12(9-5-6-9)10(13)11-7-8(2)3/h8-9H,4-7H2,1-3H3,(H,11,13). The summed E-state index contributed by atoms with van der Waals surface area (Å²) in [4.78, 5) is 2.30. The molecule has 0 unspecified atom stereocenters. The van der Waals surface area contributed by atoms with E-state index in [0.717, 1.165) is 24.2 Å². The maximum Gasteiger partial charge on any atom is 0.169 e. The Balaban J connectivity index is 2.27. The largest absolute Gasteiger partial charge is 0.362 e. The van der Waals surface area contributed by atoms with Gasteiger partial charge in [-0.25, -0.2) is 0 Å². The lowest BCUT2D eigenvalue weighted by molar-refractivity contribution is 0.419. The monoisotopic (exact) mass is 200 g/mol. The molecule has 2 nitrogen and oxygen atoms in total. The van der Waals surface area contributed by atoms with Crippen molar-refractivity contribution in [1.29, 1.82) is 0 Å². The first-order valence-corrected chi connectivity index (χ1v) is 5.60. The predicted molar refractivity (Wildman–Crippen MR) is 60.8 cm³/mol. The minimum absolute atomic E-state index is 0.663. The first kappa shape index (κ1) is 10.8. The van der Waals surface area contributed by atoms with Gasteiger partial charge in [0, 0.05) is 19.1 Å². The maximum absolute atomic E-state index is 5.32. The molecular formula is C10H20N2S. The van der Waals surface area contributed by atoms with Crippen LogP contribution in [0.1, 0.15) is 33.6 Å². The quantitative estimate of drug-likeness (QED) is 0.699. The summed E-state index contributed by atoms with van der Waals surface area (Å²) in [5, 5.41) is 4.26. The highest BCUT2D eigenvalue weighted by Crippen LogP contribution is 2.26. The third-order valence-electron chi connectivity index (χ3n) is 2.25. The first-order chi connectivity index (χ1) is 6.15. The second-order valence-electron chi connectivity index (χ2n) is 4.10. The second kappa shape index (κ2) is 4.80. The Hall–Kier alpha value is -0.310. The first-order valence-electron chi connectivity index (χ1n) is 5.19.